The van der Waals surface area contributed by atoms with Gasteiger partial charge in [-0.3, -0.25) is 9.59 Å². The van der Waals surface area contributed by atoms with Crippen molar-refractivity contribution in [2.75, 3.05) is 26.2 Å². The molecule has 0 spiro atoms. The van der Waals surface area contributed by atoms with Gasteiger partial charge in [-0.2, -0.15) is 0 Å². The number of rotatable bonds is 7. The molecule has 0 aromatic heterocycles. The van der Waals surface area contributed by atoms with Crippen molar-refractivity contribution in [2.24, 2.45) is 5.73 Å². The van der Waals surface area contributed by atoms with Crippen LogP contribution in [0.3, 0.4) is 0 Å². The smallest absolute Gasteiger partial charge is 0.260 e. The third-order valence-electron chi connectivity index (χ3n) is 4.42. The van der Waals surface area contributed by atoms with Crippen LogP contribution in [0.5, 0.6) is 5.75 Å². The first kappa shape index (κ1) is 22.5. The van der Waals surface area contributed by atoms with Crippen LogP contribution in [0.4, 0.5) is 0 Å². The lowest BCUT2D eigenvalue weighted by atomic mass is 10.0. The van der Waals surface area contributed by atoms with E-state index in [2.05, 4.69) is 5.32 Å². The Bertz CT molecular complexity index is 613. The van der Waals surface area contributed by atoms with Gasteiger partial charge in [-0.05, 0) is 38.3 Å². The number of likely N-dealkylation sites (tertiary alicyclic amines) is 1. The molecular weight excluding hydrogens is 377 g/mol. The summed E-state index contributed by atoms with van der Waals surface area (Å²) >= 11 is 6.07. The molecule has 0 bridgehead atoms. The Morgan fingerprint density at radius 3 is 2.88 bits per heavy atom. The summed E-state index contributed by atoms with van der Waals surface area (Å²) in [6.45, 7) is 3.30. The van der Waals surface area contributed by atoms with Crippen molar-refractivity contribution in [3.8, 4) is 5.75 Å². The highest BCUT2D eigenvalue weighted by molar-refractivity contribution is 6.31. The summed E-state index contributed by atoms with van der Waals surface area (Å²) in [6.07, 6.45) is 3.20. The van der Waals surface area contributed by atoms with Crippen molar-refractivity contribution >= 4 is 35.8 Å². The maximum atomic E-state index is 12.6. The lowest BCUT2D eigenvalue weighted by Gasteiger charge is -2.35. The molecule has 1 aromatic rings. The van der Waals surface area contributed by atoms with Gasteiger partial charge in [-0.25, -0.2) is 0 Å². The molecule has 0 aliphatic carbocycles. The minimum absolute atomic E-state index is 0. The minimum atomic E-state index is -0.0775. The van der Waals surface area contributed by atoms with E-state index in [4.69, 9.17) is 22.1 Å². The van der Waals surface area contributed by atoms with E-state index in [1.165, 1.54) is 0 Å². The summed E-state index contributed by atoms with van der Waals surface area (Å²) in [5, 5.41) is 3.47. The van der Waals surface area contributed by atoms with Crippen LogP contribution in [0, 0.1) is 6.92 Å². The van der Waals surface area contributed by atoms with Gasteiger partial charge < -0.3 is 20.7 Å². The van der Waals surface area contributed by atoms with Gasteiger partial charge in [-0.15, -0.1) is 12.4 Å². The van der Waals surface area contributed by atoms with Crippen LogP contribution in [0.1, 0.15) is 31.2 Å². The molecule has 2 rings (SSSR count). The third-order valence-corrected chi connectivity index (χ3v) is 4.83. The number of hydrogen-bond acceptors (Lipinski definition) is 4. The first-order valence-corrected chi connectivity index (χ1v) is 9.05. The van der Waals surface area contributed by atoms with Crippen molar-refractivity contribution in [1.29, 1.82) is 0 Å². The Labute approximate surface area is 165 Å². The fourth-order valence-electron chi connectivity index (χ4n) is 2.96. The zero-order valence-corrected chi connectivity index (χ0v) is 16.6. The predicted molar refractivity (Wildman–Crippen MR) is 105 cm³/mol. The molecule has 1 atom stereocenters. The van der Waals surface area contributed by atoms with Gasteiger partial charge in [0.2, 0.25) is 5.91 Å². The molecule has 1 unspecified atom stereocenters. The number of benzene rings is 1. The molecular formula is C18H27Cl2N3O3. The van der Waals surface area contributed by atoms with Crippen LogP contribution in [-0.2, 0) is 9.59 Å². The first-order chi connectivity index (χ1) is 12.0. The van der Waals surface area contributed by atoms with Gasteiger partial charge in [0.1, 0.15) is 5.75 Å². The van der Waals surface area contributed by atoms with Crippen molar-refractivity contribution < 1.29 is 14.3 Å². The number of nitrogens with two attached hydrogens (primary N) is 1. The zero-order chi connectivity index (χ0) is 18.2. The van der Waals surface area contributed by atoms with E-state index >= 15 is 0 Å². The highest BCUT2D eigenvalue weighted by Crippen LogP contribution is 2.25. The lowest BCUT2D eigenvalue weighted by Crippen LogP contribution is -2.50. The molecule has 6 nitrogen and oxygen atoms in total. The number of ether oxygens (including phenoxy) is 1. The number of carbonyl (C=O) groups is 2. The van der Waals surface area contributed by atoms with Gasteiger partial charge in [0.25, 0.3) is 5.91 Å². The molecule has 1 saturated heterocycles. The molecule has 1 aliphatic rings. The number of halogens is 2. The average molecular weight is 404 g/mol. The summed E-state index contributed by atoms with van der Waals surface area (Å²) in [6, 6.07) is 5.39. The van der Waals surface area contributed by atoms with Crippen LogP contribution in [-0.4, -0.2) is 49.0 Å². The molecule has 8 heteroatoms. The molecule has 146 valence electrons. The normalized spacial score (nSPS) is 16.6. The van der Waals surface area contributed by atoms with Gasteiger partial charge in [0, 0.05) is 42.7 Å². The fraction of sp³-hybridized carbons (Fsp3) is 0.556. The molecule has 1 fully saturated rings. The first-order valence-electron chi connectivity index (χ1n) is 8.67. The fourth-order valence-corrected chi connectivity index (χ4v) is 3.12. The van der Waals surface area contributed by atoms with Crippen LogP contribution < -0.4 is 15.8 Å². The lowest BCUT2D eigenvalue weighted by molar-refractivity contribution is -0.137. The predicted octanol–water partition coefficient (Wildman–Crippen LogP) is 2.30. The Morgan fingerprint density at radius 1 is 1.38 bits per heavy atom. The van der Waals surface area contributed by atoms with Crippen molar-refractivity contribution in [3.05, 3.63) is 28.8 Å². The summed E-state index contributed by atoms with van der Waals surface area (Å²) in [5.41, 5.74) is 6.20. The Kier molecular flexibility index (Phi) is 9.76. The van der Waals surface area contributed by atoms with Crippen LogP contribution >= 0.6 is 24.0 Å². The second kappa shape index (κ2) is 11.3. The highest BCUT2D eigenvalue weighted by Gasteiger charge is 2.27. The van der Waals surface area contributed by atoms with E-state index in [0.717, 1.165) is 24.8 Å². The van der Waals surface area contributed by atoms with E-state index in [1.54, 1.807) is 18.2 Å². The molecule has 0 radical (unpaired) electrons. The van der Waals surface area contributed by atoms with E-state index in [1.807, 2.05) is 11.8 Å². The van der Waals surface area contributed by atoms with Gasteiger partial charge >= 0.3 is 0 Å². The average Bonchev–Trinajstić information content (AvgIpc) is 2.61. The molecule has 1 heterocycles. The van der Waals surface area contributed by atoms with E-state index in [-0.39, 0.29) is 36.9 Å². The number of piperidine rings is 1. The van der Waals surface area contributed by atoms with Crippen LogP contribution in [0.25, 0.3) is 0 Å². The van der Waals surface area contributed by atoms with Gasteiger partial charge in [-0.1, -0.05) is 17.7 Å². The van der Waals surface area contributed by atoms with Crippen molar-refractivity contribution in [1.82, 2.24) is 10.2 Å². The van der Waals surface area contributed by atoms with Crippen molar-refractivity contribution in [3.63, 3.8) is 0 Å². The Hall–Kier alpha value is -1.50. The topological polar surface area (TPSA) is 84.7 Å². The number of nitrogens with zero attached hydrogens (tertiary/aromatic N) is 1. The summed E-state index contributed by atoms with van der Waals surface area (Å²) in [4.78, 5) is 26.0. The van der Waals surface area contributed by atoms with Crippen molar-refractivity contribution in [2.45, 2.75) is 38.6 Å². The second-order valence-corrected chi connectivity index (χ2v) is 6.64. The van der Waals surface area contributed by atoms with E-state index < -0.39 is 0 Å². The summed E-state index contributed by atoms with van der Waals surface area (Å²) < 4.78 is 5.67. The molecule has 1 aromatic carbocycles. The zero-order valence-electron chi connectivity index (χ0n) is 15.0. The van der Waals surface area contributed by atoms with E-state index in [0.29, 0.717) is 36.8 Å². The third kappa shape index (κ3) is 6.34. The van der Waals surface area contributed by atoms with Gasteiger partial charge in [0.15, 0.2) is 6.61 Å². The number of nitrogens with one attached hydrogen (secondary N) is 1. The minimum Gasteiger partial charge on any atom is -0.483 e. The van der Waals surface area contributed by atoms with Crippen LogP contribution in [0.2, 0.25) is 5.02 Å². The largest absolute Gasteiger partial charge is 0.483 e. The Morgan fingerprint density at radius 2 is 2.15 bits per heavy atom. The SMILES string of the molecule is Cc1c(Cl)cccc1OCC(=O)N1CCCCC1CNC(=O)CCN.Cl. The number of hydrogen-bond donors (Lipinski definition) is 2. The highest BCUT2D eigenvalue weighted by atomic mass is 35.5. The molecule has 26 heavy (non-hydrogen) atoms. The molecule has 1 aliphatic heterocycles. The maximum Gasteiger partial charge on any atom is 0.260 e. The number of carbonyl (C=O) groups excluding carboxylic acids is 2. The molecule has 3 N–H and O–H groups in total. The Balaban J connectivity index is 0.00000338. The van der Waals surface area contributed by atoms with Crippen LogP contribution in [0.15, 0.2) is 18.2 Å². The summed E-state index contributed by atoms with van der Waals surface area (Å²) in [5.74, 6) is 0.467. The monoisotopic (exact) mass is 403 g/mol. The molecule has 2 amide bonds. The quantitative estimate of drug-likeness (QED) is 0.731. The maximum absolute atomic E-state index is 12.6. The standard InChI is InChI=1S/C18H26ClN3O3.ClH/c1-13-15(19)6-4-7-16(13)25-12-18(24)22-10-3-2-5-14(22)11-21-17(23)8-9-20;/h4,6-7,14H,2-3,5,8-12,20H2,1H3,(H,21,23);1H. The number of amides is 2. The molecule has 0 saturated carbocycles. The van der Waals surface area contributed by atoms with Gasteiger partial charge in [0.05, 0.1) is 0 Å². The van der Waals surface area contributed by atoms with E-state index in [9.17, 15) is 9.59 Å². The summed E-state index contributed by atoms with van der Waals surface area (Å²) in [7, 11) is 0. The second-order valence-electron chi connectivity index (χ2n) is 6.23.